The zero-order valence-electron chi connectivity index (χ0n) is 10.2. The second-order valence-corrected chi connectivity index (χ2v) is 8.26. The summed E-state index contributed by atoms with van der Waals surface area (Å²) in [7, 11) is 0. The molecule has 0 aliphatic rings. The number of hydrogen-bond donors (Lipinski definition) is 1. The van der Waals surface area contributed by atoms with Crippen LogP contribution < -0.4 is 5.32 Å². The molecule has 0 aromatic carbocycles. The van der Waals surface area contributed by atoms with Gasteiger partial charge in [-0.15, -0.1) is 22.7 Å². The number of halogens is 2. The smallest absolute Gasteiger partial charge is 0.0897 e. The highest BCUT2D eigenvalue weighted by Gasteiger charge is 2.16. The Balaban J connectivity index is 2.17. The quantitative estimate of drug-likeness (QED) is 0.756. The van der Waals surface area contributed by atoms with E-state index in [1.54, 1.807) is 22.7 Å². The van der Waals surface area contributed by atoms with Crippen molar-refractivity contribution in [2.75, 3.05) is 6.54 Å². The summed E-state index contributed by atoms with van der Waals surface area (Å²) in [4.78, 5) is 5.88. The Kier molecular flexibility index (Phi) is 5.38. The molecule has 2 aromatic heterocycles. The fraction of sp³-hybridized carbons (Fsp3) is 0.417. The topological polar surface area (TPSA) is 24.9 Å². The van der Waals surface area contributed by atoms with E-state index in [0.29, 0.717) is 6.04 Å². The fourth-order valence-electron chi connectivity index (χ4n) is 1.77. The van der Waals surface area contributed by atoms with Crippen molar-refractivity contribution in [3.8, 4) is 0 Å². The third-order valence-electron chi connectivity index (χ3n) is 2.54. The van der Waals surface area contributed by atoms with E-state index in [9.17, 15) is 0 Å². The highest BCUT2D eigenvalue weighted by molar-refractivity contribution is 9.13. The van der Waals surface area contributed by atoms with Gasteiger partial charge in [0.15, 0.2) is 0 Å². The molecular weight excluding hydrogens is 396 g/mol. The van der Waals surface area contributed by atoms with E-state index >= 15 is 0 Å². The fourth-order valence-corrected chi connectivity index (χ4v) is 4.56. The Morgan fingerprint density at radius 1 is 1.44 bits per heavy atom. The van der Waals surface area contributed by atoms with Gasteiger partial charge < -0.3 is 5.32 Å². The summed E-state index contributed by atoms with van der Waals surface area (Å²) in [6.07, 6.45) is 0.942. The zero-order valence-corrected chi connectivity index (χ0v) is 15.0. The van der Waals surface area contributed by atoms with E-state index in [0.717, 1.165) is 26.2 Å². The molecule has 0 spiro atoms. The van der Waals surface area contributed by atoms with E-state index < -0.39 is 0 Å². The van der Waals surface area contributed by atoms with Crippen molar-refractivity contribution in [1.82, 2.24) is 10.3 Å². The second kappa shape index (κ2) is 6.61. The minimum absolute atomic E-state index is 0.337. The summed E-state index contributed by atoms with van der Waals surface area (Å²) in [6.45, 7) is 5.15. The van der Waals surface area contributed by atoms with Gasteiger partial charge in [-0.05, 0) is 51.4 Å². The number of thiazole rings is 1. The predicted octanol–water partition coefficient (Wildman–Crippen LogP) is 4.93. The van der Waals surface area contributed by atoms with Gasteiger partial charge in [0.05, 0.1) is 14.5 Å². The van der Waals surface area contributed by atoms with Gasteiger partial charge in [-0.3, -0.25) is 0 Å². The van der Waals surface area contributed by atoms with Crippen LogP contribution in [0.2, 0.25) is 0 Å². The van der Waals surface area contributed by atoms with E-state index in [2.05, 4.69) is 67.5 Å². The Bertz CT molecular complexity index is 502. The maximum atomic E-state index is 4.55. The van der Waals surface area contributed by atoms with Crippen LogP contribution in [0.4, 0.5) is 0 Å². The van der Waals surface area contributed by atoms with Crippen molar-refractivity contribution in [2.45, 2.75) is 26.3 Å². The number of rotatable bonds is 5. The number of aromatic nitrogens is 1. The van der Waals surface area contributed by atoms with Gasteiger partial charge in [-0.1, -0.05) is 6.92 Å². The first-order valence-electron chi connectivity index (χ1n) is 5.69. The number of nitrogens with one attached hydrogen (secondary N) is 1. The molecule has 2 rings (SSSR count). The summed E-state index contributed by atoms with van der Waals surface area (Å²) < 4.78 is 2.27. The standard InChI is InChI=1S/C12H14Br2N2S2/c1-3-15-10(4-8-6-17-7(2)16-8)11-5-9(13)12(14)18-11/h5-6,10,15H,3-4H2,1-2H3. The number of nitrogens with zero attached hydrogens (tertiary/aromatic N) is 1. The van der Waals surface area contributed by atoms with Crippen LogP contribution >= 0.6 is 54.5 Å². The van der Waals surface area contributed by atoms with Crippen LogP contribution in [0.15, 0.2) is 19.7 Å². The Hall–Kier alpha value is 0.250. The van der Waals surface area contributed by atoms with Crippen molar-refractivity contribution >= 4 is 54.5 Å². The summed E-state index contributed by atoms with van der Waals surface area (Å²) in [5, 5.41) is 6.81. The third kappa shape index (κ3) is 3.63. The van der Waals surface area contributed by atoms with Crippen LogP contribution in [0.5, 0.6) is 0 Å². The van der Waals surface area contributed by atoms with E-state index in [-0.39, 0.29) is 0 Å². The molecule has 1 atom stereocenters. The maximum Gasteiger partial charge on any atom is 0.0897 e. The van der Waals surface area contributed by atoms with E-state index in [4.69, 9.17) is 0 Å². The zero-order chi connectivity index (χ0) is 13.1. The Labute approximate surface area is 132 Å². The maximum absolute atomic E-state index is 4.55. The minimum Gasteiger partial charge on any atom is -0.309 e. The molecule has 18 heavy (non-hydrogen) atoms. The first-order valence-corrected chi connectivity index (χ1v) is 8.97. The largest absolute Gasteiger partial charge is 0.309 e. The summed E-state index contributed by atoms with van der Waals surface area (Å²) in [5.41, 5.74) is 1.17. The van der Waals surface area contributed by atoms with Gasteiger partial charge in [0, 0.05) is 27.2 Å². The van der Waals surface area contributed by atoms with Crippen LogP contribution in [0.25, 0.3) is 0 Å². The molecule has 0 aliphatic carbocycles. The summed E-state index contributed by atoms with van der Waals surface area (Å²) in [5.74, 6) is 0. The van der Waals surface area contributed by atoms with Gasteiger partial charge in [0.2, 0.25) is 0 Å². The molecule has 0 saturated carbocycles. The monoisotopic (exact) mass is 408 g/mol. The first kappa shape index (κ1) is 14.7. The second-order valence-electron chi connectivity index (χ2n) is 3.94. The lowest BCUT2D eigenvalue weighted by atomic mass is 10.1. The van der Waals surface area contributed by atoms with Crippen molar-refractivity contribution in [3.63, 3.8) is 0 Å². The lowest BCUT2D eigenvalue weighted by Crippen LogP contribution is -2.22. The molecule has 1 unspecified atom stereocenters. The number of thiophene rings is 1. The summed E-state index contributed by atoms with van der Waals surface area (Å²) >= 11 is 10.6. The molecule has 0 amide bonds. The highest BCUT2D eigenvalue weighted by Crippen LogP contribution is 2.36. The average Bonchev–Trinajstić information content (AvgIpc) is 2.86. The summed E-state index contributed by atoms with van der Waals surface area (Å²) in [6, 6.07) is 2.52. The van der Waals surface area contributed by atoms with E-state index in [1.165, 1.54) is 10.6 Å². The molecule has 0 saturated heterocycles. The molecule has 2 heterocycles. The van der Waals surface area contributed by atoms with Gasteiger partial charge in [0.1, 0.15) is 0 Å². The number of hydrogen-bond acceptors (Lipinski definition) is 4. The molecule has 2 aromatic rings. The molecule has 2 nitrogen and oxygen atoms in total. The minimum atomic E-state index is 0.337. The molecule has 6 heteroatoms. The Morgan fingerprint density at radius 3 is 2.72 bits per heavy atom. The highest BCUT2D eigenvalue weighted by atomic mass is 79.9. The molecule has 98 valence electrons. The normalized spacial score (nSPS) is 12.9. The molecule has 1 N–H and O–H groups in total. The first-order chi connectivity index (χ1) is 8.60. The molecule has 0 radical (unpaired) electrons. The van der Waals surface area contributed by atoms with Crippen LogP contribution in [-0.4, -0.2) is 11.5 Å². The van der Waals surface area contributed by atoms with Crippen molar-refractivity contribution in [2.24, 2.45) is 0 Å². The third-order valence-corrected chi connectivity index (χ3v) is 6.73. The van der Waals surface area contributed by atoms with Gasteiger partial charge in [-0.25, -0.2) is 4.98 Å². The number of likely N-dealkylation sites (N-methyl/N-ethyl adjacent to an activating group) is 1. The molecule has 0 fully saturated rings. The molecule has 0 aliphatic heterocycles. The average molecular weight is 410 g/mol. The predicted molar refractivity (Wildman–Crippen MR) is 86.7 cm³/mol. The van der Waals surface area contributed by atoms with Crippen LogP contribution in [-0.2, 0) is 6.42 Å². The van der Waals surface area contributed by atoms with Crippen molar-refractivity contribution < 1.29 is 0 Å². The molecular formula is C12H14Br2N2S2. The lowest BCUT2D eigenvalue weighted by molar-refractivity contribution is 0.553. The SMILES string of the molecule is CCNC(Cc1csc(C)n1)c1cc(Br)c(Br)s1. The Morgan fingerprint density at radius 2 is 2.22 bits per heavy atom. The van der Waals surface area contributed by atoms with Crippen LogP contribution in [0, 0.1) is 6.92 Å². The van der Waals surface area contributed by atoms with Gasteiger partial charge in [-0.2, -0.15) is 0 Å². The van der Waals surface area contributed by atoms with Gasteiger partial charge >= 0.3 is 0 Å². The lowest BCUT2D eigenvalue weighted by Gasteiger charge is -2.14. The van der Waals surface area contributed by atoms with Crippen molar-refractivity contribution in [3.05, 3.63) is 35.3 Å². The van der Waals surface area contributed by atoms with Crippen LogP contribution in [0.3, 0.4) is 0 Å². The number of aryl methyl sites for hydroxylation is 1. The molecule has 0 bridgehead atoms. The van der Waals surface area contributed by atoms with Crippen molar-refractivity contribution in [1.29, 1.82) is 0 Å². The van der Waals surface area contributed by atoms with Crippen LogP contribution in [0.1, 0.15) is 28.5 Å². The van der Waals surface area contributed by atoms with E-state index in [1.807, 2.05) is 0 Å². The van der Waals surface area contributed by atoms with Gasteiger partial charge in [0.25, 0.3) is 0 Å².